The van der Waals surface area contributed by atoms with Crippen LogP contribution in [-0.4, -0.2) is 48.5 Å². The molecule has 2 rings (SSSR count). The molecule has 2 amide bonds. The Labute approximate surface area is 140 Å². The first kappa shape index (κ1) is 18.2. The van der Waals surface area contributed by atoms with Crippen molar-refractivity contribution in [3.63, 3.8) is 0 Å². The fourth-order valence-electron chi connectivity index (χ4n) is 2.92. The fourth-order valence-corrected chi connectivity index (χ4v) is 2.92. The fraction of sp³-hybridized carbons (Fsp3) is 0.529. The highest BCUT2D eigenvalue weighted by atomic mass is 19.1. The smallest absolute Gasteiger partial charge is 0.409 e. The van der Waals surface area contributed by atoms with Gasteiger partial charge in [0.05, 0.1) is 13.7 Å². The highest BCUT2D eigenvalue weighted by Crippen LogP contribution is 2.22. The van der Waals surface area contributed by atoms with Gasteiger partial charge >= 0.3 is 6.09 Å². The van der Waals surface area contributed by atoms with Gasteiger partial charge in [0.2, 0.25) is 5.91 Å². The molecule has 0 aromatic heterocycles. The molecule has 0 N–H and O–H groups in total. The second kappa shape index (κ2) is 8.08. The highest BCUT2D eigenvalue weighted by Gasteiger charge is 2.30. The molecule has 1 aromatic rings. The molecule has 1 fully saturated rings. The summed E-state index contributed by atoms with van der Waals surface area (Å²) in [6, 6.07) is 3.67. The molecule has 0 radical (unpaired) electrons. The lowest BCUT2D eigenvalue weighted by Crippen LogP contribution is -2.44. The molecule has 1 aromatic carbocycles. The van der Waals surface area contributed by atoms with Gasteiger partial charge in [0, 0.05) is 31.1 Å². The summed E-state index contributed by atoms with van der Waals surface area (Å²) < 4.78 is 32.3. The summed E-state index contributed by atoms with van der Waals surface area (Å²) in [6.45, 7) is 2.93. The Morgan fingerprint density at radius 3 is 2.33 bits per heavy atom. The summed E-state index contributed by atoms with van der Waals surface area (Å²) in [4.78, 5) is 27.1. The van der Waals surface area contributed by atoms with E-state index in [1.165, 1.54) is 30.2 Å². The maximum absolute atomic E-state index is 13.8. The quantitative estimate of drug-likeness (QED) is 0.847. The number of rotatable bonds is 4. The molecule has 0 aliphatic carbocycles. The summed E-state index contributed by atoms with van der Waals surface area (Å²) in [5.74, 6) is -1.69. The molecule has 1 aliphatic heterocycles. The van der Waals surface area contributed by atoms with Gasteiger partial charge in [0.25, 0.3) is 0 Å². The molecule has 0 atom stereocenters. The molecule has 1 aliphatic rings. The van der Waals surface area contributed by atoms with Gasteiger partial charge < -0.3 is 14.5 Å². The number of benzene rings is 1. The number of hydrogen-bond donors (Lipinski definition) is 0. The molecule has 0 spiro atoms. The van der Waals surface area contributed by atoms with Crippen molar-refractivity contribution in [2.24, 2.45) is 5.92 Å². The van der Waals surface area contributed by atoms with E-state index in [2.05, 4.69) is 4.74 Å². The van der Waals surface area contributed by atoms with Crippen LogP contribution in [0.2, 0.25) is 0 Å². The molecule has 132 valence electrons. The summed E-state index contributed by atoms with van der Waals surface area (Å²) in [7, 11) is 1.32. The number of likely N-dealkylation sites (tertiary alicyclic amines) is 1. The second-order valence-electron chi connectivity index (χ2n) is 5.78. The van der Waals surface area contributed by atoms with Crippen molar-refractivity contribution in [3.8, 4) is 0 Å². The van der Waals surface area contributed by atoms with Crippen LogP contribution in [0.4, 0.5) is 13.6 Å². The molecule has 0 bridgehead atoms. The maximum atomic E-state index is 13.8. The van der Waals surface area contributed by atoms with Gasteiger partial charge in [-0.3, -0.25) is 4.79 Å². The minimum atomic E-state index is -0.651. The molecule has 1 heterocycles. The second-order valence-corrected chi connectivity index (χ2v) is 5.78. The molecule has 0 saturated carbocycles. The van der Waals surface area contributed by atoms with E-state index >= 15 is 0 Å². The topological polar surface area (TPSA) is 49.9 Å². The standard InChI is InChI=1S/C17H22F2N2O3/c1-3-20(11-13-14(18)5-4-6-15(13)19)16(22)12-7-9-21(10-8-12)17(23)24-2/h4-6,12H,3,7-11H2,1-2H3. The van der Waals surface area contributed by atoms with Gasteiger partial charge in [-0.25, -0.2) is 13.6 Å². The first-order valence-corrected chi connectivity index (χ1v) is 8.02. The van der Waals surface area contributed by atoms with Crippen LogP contribution in [0.25, 0.3) is 0 Å². The van der Waals surface area contributed by atoms with Crippen molar-refractivity contribution in [1.82, 2.24) is 9.80 Å². The van der Waals surface area contributed by atoms with Gasteiger partial charge in [-0.1, -0.05) is 6.07 Å². The Bertz CT molecular complexity index is 581. The van der Waals surface area contributed by atoms with Gasteiger partial charge in [-0.15, -0.1) is 0 Å². The normalized spacial score (nSPS) is 15.2. The van der Waals surface area contributed by atoms with Crippen LogP contribution in [0.5, 0.6) is 0 Å². The summed E-state index contributed by atoms with van der Waals surface area (Å²) >= 11 is 0. The zero-order valence-electron chi connectivity index (χ0n) is 13.9. The number of methoxy groups -OCH3 is 1. The predicted molar refractivity (Wildman–Crippen MR) is 84.2 cm³/mol. The number of hydrogen-bond acceptors (Lipinski definition) is 3. The number of ether oxygens (including phenoxy) is 1. The van der Waals surface area contributed by atoms with E-state index in [9.17, 15) is 18.4 Å². The molecule has 7 heteroatoms. The Morgan fingerprint density at radius 1 is 1.25 bits per heavy atom. The zero-order valence-corrected chi connectivity index (χ0v) is 13.9. The van der Waals surface area contributed by atoms with Gasteiger partial charge in [-0.2, -0.15) is 0 Å². The molecule has 0 unspecified atom stereocenters. The molecule has 1 saturated heterocycles. The largest absolute Gasteiger partial charge is 0.453 e. The number of amides is 2. The number of piperidine rings is 1. The maximum Gasteiger partial charge on any atom is 0.409 e. The van der Waals surface area contributed by atoms with E-state index in [0.717, 1.165) is 0 Å². The molecule has 5 nitrogen and oxygen atoms in total. The number of nitrogens with zero attached hydrogens (tertiary/aromatic N) is 2. The van der Waals surface area contributed by atoms with Crippen molar-refractivity contribution in [2.75, 3.05) is 26.7 Å². The van der Waals surface area contributed by atoms with Gasteiger partial charge in [0.1, 0.15) is 11.6 Å². The van der Waals surface area contributed by atoms with Gasteiger partial charge in [-0.05, 0) is 31.9 Å². The average molecular weight is 340 g/mol. The van der Waals surface area contributed by atoms with Crippen molar-refractivity contribution in [3.05, 3.63) is 35.4 Å². The van der Waals surface area contributed by atoms with Crippen molar-refractivity contribution in [1.29, 1.82) is 0 Å². The minimum Gasteiger partial charge on any atom is -0.453 e. The third-order valence-corrected chi connectivity index (χ3v) is 4.38. The lowest BCUT2D eigenvalue weighted by atomic mass is 9.95. The van der Waals surface area contributed by atoms with Gasteiger partial charge in [0.15, 0.2) is 0 Å². The number of carbonyl (C=O) groups excluding carboxylic acids is 2. The van der Waals surface area contributed by atoms with Crippen LogP contribution >= 0.6 is 0 Å². The summed E-state index contributed by atoms with van der Waals surface area (Å²) in [5, 5.41) is 0. The van der Waals surface area contributed by atoms with Crippen molar-refractivity contribution < 1.29 is 23.1 Å². The van der Waals surface area contributed by atoms with Crippen LogP contribution < -0.4 is 0 Å². The molecular weight excluding hydrogens is 318 g/mol. The monoisotopic (exact) mass is 340 g/mol. The highest BCUT2D eigenvalue weighted by molar-refractivity contribution is 5.79. The lowest BCUT2D eigenvalue weighted by molar-refractivity contribution is -0.137. The van der Waals surface area contributed by atoms with Crippen molar-refractivity contribution >= 4 is 12.0 Å². The van der Waals surface area contributed by atoms with E-state index in [1.807, 2.05) is 0 Å². The van der Waals surface area contributed by atoms with E-state index in [0.29, 0.717) is 32.5 Å². The van der Waals surface area contributed by atoms with E-state index < -0.39 is 17.7 Å². The zero-order chi connectivity index (χ0) is 17.7. The Balaban J connectivity index is 2.01. The third-order valence-electron chi connectivity index (χ3n) is 4.38. The number of carbonyl (C=O) groups is 2. The van der Waals surface area contributed by atoms with E-state index in [1.54, 1.807) is 11.8 Å². The third kappa shape index (κ3) is 4.01. The van der Waals surface area contributed by atoms with E-state index in [-0.39, 0.29) is 23.9 Å². The van der Waals surface area contributed by atoms with Crippen LogP contribution in [0, 0.1) is 17.6 Å². The Kier molecular flexibility index (Phi) is 6.11. The first-order chi connectivity index (χ1) is 11.5. The van der Waals surface area contributed by atoms with Crippen LogP contribution in [0.3, 0.4) is 0 Å². The average Bonchev–Trinajstić information content (AvgIpc) is 2.60. The van der Waals surface area contributed by atoms with Crippen LogP contribution in [-0.2, 0) is 16.1 Å². The summed E-state index contributed by atoms with van der Waals surface area (Å²) in [5.41, 5.74) is -0.0975. The van der Waals surface area contributed by atoms with Crippen LogP contribution in [0.15, 0.2) is 18.2 Å². The predicted octanol–water partition coefficient (Wildman–Crippen LogP) is 2.79. The molecular formula is C17H22F2N2O3. The summed E-state index contributed by atoms with van der Waals surface area (Å²) in [6.07, 6.45) is 0.635. The SMILES string of the molecule is CCN(Cc1c(F)cccc1F)C(=O)C1CCN(C(=O)OC)CC1. The first-order valence-electron chi connectivity index (χ1n) is 8.02. The number of halogens is 2. The Morgan fingerprint density at radius 2 is 1.83 bits per heavy atom. The van der Waals surface area contributed by atoms with E-state index in [4.69, 9.17) is 0 Å². The minimum absolute atomic E-state index is 0.0922. The Hall–Kier alpha value is -2.18. The van der Waals surface area contributed by atoms with Crippen LogP contribution in [0.1, 0.15) is 25.3 Å². The van der Waals surface area contributed by atoms with Crippen molar-refractivity contribution in [2.45, 2.75) is 26.3 Å². The molecule has 24 heavy (non-hydrogen) atoms. The lowest BCUT2D eigenvalue weighted by Gasteiger charge is -2.33.